The van der Waals surface area contributed by atoms with Gasteiger partial charge in [-0.25, -0.2) is 0 Å². The number of carboxylic acid groups (broad SMARTS) is 1. The summed E-state index contributed by atoms with van der Waals surface area (Å²) in [4.78, 5) is 23.9. The maximum Gasteiger partial charge on any atom is 0.323 e. The van der Waals surface area contributed by atoms with Crippen LogP contribution in [-0.4, -0.2) is 36.9 Å². The molecule has 1 fully saturated rings. The van der Waals surface area contributed by atoms with E-state index in [0.29, 0.717) is 6.42 Å². The molecule has 0 aromatic carbocycles. The van der Waals surface area contributed by atoms with Crippen molar-refractivity contribution in [2.75, 3.05) is 13.7 Å². The highest BCUT2D eigenvalue weighted by Crippen LogP contribution is 2.43. The quantitative estimate of drug-likeness (QED) is 0.593. The third-order valence-corrected chi connectivity index (χ3v) is 4.24. The zero-order valence-electron chi connectivity index (χ0n) is 12.0. The van der Waals surface area contributed by atoms with Gasteiger partial charge in [-0.2, -0.15) is 0 Å². The third-order valence-electron chi connectivity index (χ3n) is 4.24. The van der Waals surface area contributed by atoms with Crippen molar-refractivity contribution >= 4 is 11.9 Å². The average molecular weight is 272 g/mol. The van der Waals surface area contributed by atoms with E-state index in [1.807, 2.05) is 0 Å². The summed E-state index contributed by atoms with van der Waals surface area (Å²) in [5, 5.41) is 9.59. The number of ether oxygens (including phenoxy) is 2. The van der Waals surface area contributed by atoms with E-state index >= 15 is 0 Å². The molecule has 0 aliphatic heterocycles. The maximum atomic E-state index is 12.2. The Morgan fingerprint density at radius 2 is 2.00 bits per heavy atom. The Morgan fingerprint density at radius 1 is 1.32 bits per heavy atom. The Bertz CT molecular complexity index is 328. The van der Waals surface area contributed by atoms with E-state index < -0.39 is 17.4 Å². The van der Waals surface area contributed by atoms with Gasteiger partial charge in [-0.1, -0.05) is 13.3 Å². The normalized spacial score (nSPS) is 26.5. The minimum Gasteiger partial charge on any atom is -0.480 e. The van der Waals surface area contributed by atoms with Gasteiger partial charge in [0, 0.05) is 7.11 Å². The summed E-state index contributed by atoms with van der Waals surface area (Å²) in [6.45, 7) is 3.63. The van der Waals surface area contributed by atoms with Gasteiger partial charge in [-0.05, 0) is 38.5 Å². The zero-order chi connectivity index (χ0) is 14.5. The highest BCUT2D eigenvalue weighted by molar-refractivity contribution is 5.99. The van der Waals surface area contributed by atoms with Gasteiger partial charge in [-0.15, -0.1) is 0 Å². The second-order valence-corrected chi connectivity index (χ2v) is 5.07. The van der Waals surface area contributed by atoms with Crippen molar-refractivity contribution in [3.8, 4) is 0 Å². The second-order valence-electron chi connectivity index (χ2n) is 5.07. The molecule has 0 amide bonds. The summed E-state index contributed by atoms with van der Waals surface area (Å²) in [7, 11) is 1.63. The smallest absolute Gasteiger partial charge is 0.323 e. The van der Waals surface area contributed by atoms with Crippen molar-refractivity contribution in [1.29, 1.82) is 0 Å². The number of hydrogen-bond acceptors (Lipinski definition) is 4. The van der Waals surface area contributed by atoms with E-state index in [9.17, 15) is 14.7 Å². The topological polar surface area (TPSA) is 72.8 Å². The van der Waals surface area contributed by atoms with Crippen LogP contribution in [0.1, 0.15) is 46.0 Å². The van der Waals surface area contributed by atoms with Crippen LogP contribution in [0, 0.1) is 11.3 Å². The van der Waals surface area contributed by atoms with Gasteiger partial charge in [-0.3, -0.25) is 9.59 Å². The van der Waals surface area contributed by atoms with Crippen molar-refractivity contribution in [3.05, 3.63) is 0 Å². The largest absolute Gasteiger partial charge is 0.480 e. The molecule has 3 atom stereocenters. The van der Waals surface area contributed by atoms with Crippen LogP contribution in [0.5, 0.6) is 0 Å². The number of carbonyl (C=O) groups is 2. The highest BCUT2D eigenvalue weighted by atomic mass is 16.5. The molecular formula is C14H24O5. The molecule has 0 radical (unpaired) electrons. The third kappa shape index (κ3) is 3.08. The second kappa shape index (κ2) is 6.89. The number of rotatable bonds is 6. The van der Waals surface area contributed by atoms with Crippen LogP contribution in [0.2, 0.25) is 0 Å². The molecule has 19 heavy (non-hydrogen) atoms. The van der Waals surface area contributed by atoms with Crippen LogP contribution in [0.3, 0.4) is 0 Å². The van der Waals surface area contributed by atoms with Crippen LogP contribution in [0.15, 0.2) is 0 Å². The van der Waals surface area contributed by atoms with Crippen LogP contribution in [0.25, 0.3) is 0 Å². The lowest BCUT2D eigenvalue weighted by Gasteiger charge is -2.38. The first-order valence-corrected chi connectivity index (χ1v) is 6.96. The summed E-state index contributed by atoms with van der Waals surface area (Å²) in [6, 6.07) is 0. The van der Waals surface area contributed by atoms with E-state index in [4.69, 9.17) is 9.47 Å². The van der Waals surface area contributed by atoms with E-state index in [0.717, 1.165) is 19.3 Å². The van der Waals surface area contributed by atoms with Gasteiger partial charge in [0.05, 0.1) is 12.7 Å². The van der Waals surface area contributed by atoms with Crippen molar-refractivity contribution in [2.24, 2.45) is 11.3 Å². The standard InChI is InChI=1S/C14H24O5/c1-4-14(12(15)16,13(17)19-5-2)10-7-6-8-11(9-10)18-3/h10-11H,4-9H2,1-3H3,(H,15,16). The monoisotopic (exact) mass is 272 g/mol. The Kier molecular flexibility index (Phi) is 5.79. The molecule has 1 N–H and O–H groups in total. The molecule has 1 aliphatic rings. The van der Waals surface area contributed by atoms with Gasteiger partial charge in [0.1, 0.15) is 0 Å². The van der Waals surface area contributed by atoms with Gasteiger partial charge >= 0.3 is 11.9 Å². The van der Waals surface area contributed by atoms with Gasteiger partial charge in [0.15, 0.2) is 5.41 Å². The van der Waals surface area contributed by atoms with E-state index in [1.54, 1.807) is 21.0 Å². The lowest BCUT2D eigenvalue weighted by atomic mass is 9.66. The molecule has 1 aliphatic carbocycles. The molecule has 5 nitrogen and oxygen atoms in total. The number of carbonyl (C=O) groups excluding carboxylic acids is 1. The number of hydrogen-bond donors (Lipinski definition) is 1. The predicted octanol–water partition coefficient (Wildman–Crippen LogP) is 2.24. The van der Waals surface area contributed by atoms with Crippen LogP contribution in [0.4, 0.5) is 0 Å². The fourth-order valence-electron chi connectivity index (χ4n) is 3.08. The molecule has 1 rings (SSSR count). The molecular weight excluding hydrogens is 248 g/mol. The van der Waals surface area contributed by atoms with Gasteiger partial charge < -0.3 is 14.6 Å². The lowest BCUT2D eigenvalue weighted by Crippen LogP contribution is -2.48. The molecule has 0 saturated heterocycles. The van der Waals surface area contributed by atoms with Gasteiger partial charge in [0.25, 0.3) is 0 Å². The van der Waals surface area contributed by atoms with Crippen molar-refractivity contribution in [3.63, 3.8) is 0 Å². The molecule has 110 valence electrons. The number of methoxy groups -OCH3 is 1. The van der Waals surface area contributed by atoms with Crippen LogP contribution in [-0.2, 0) is 19.1 Å². The highest BCUT2D eigenvalue weighted by Gasteiger charge is 2.53. The summed E-state index contributed by atoms with van der Waals surface area (Å²) < 4.78 is 10.4. The average Bonchev–Trinajstić information content (AvgIpc) is 2.40. The Hall–Kier alpha value is -1.10. The predicted molar refractivity (Wildman–Crippen MR) is 69.7 cm³/mol. The maximum absolute atomic E-state index is 12.2. The van der Waals surface area contributed by atoms with Crippen molar-refractivity contribution in [2.45, 2.75) is 52.1 Å². The lowest BCUT2D eigenvalue weighted by molar-refractivity contribution is -0.176. The summed E-state index contributed by atoms with van der Waals surface area (Å²) in [5.41, 5.74) is -1.42. The van der Waals surface area contributed by atoms with E-state index in [1.165, 1.54) is 0 Å². The van der Waals surface area contributed by atoms with Crippen molar-refractivity contribution < 1.29 is 24.2 Å². The molecule has 1 saturated carbocycles. The first-order chi connectivity index (χ1) is 9.02. The minimum absolute atomic E-state index is 0.0402. The van der Waals surface area contributed by atoms with Crippen LogP contribution < -0.4 is 0 Å². The fraction of sp³-hybridized carbons (Fsp3) is 0.857. The SMILES string of the molecule is CCOC(=O)C(CC)(C(=O)O)C1CCCC(OC)C1. The number of aliphatic carboxylic acids is 1. The first kappa shape index (κ1) is 16.0. The van der Waals surface area contributed by atoms with Crippen LogP contribution >= 0.6 is 0 Å². The minimum atomic E-state index is -1.42. The first-order valence-electron chi connectivity index (χ1n) is 6.96. The Morgan fingerprint density at radius 3 is 2.47 bits per heavy atom. The molecule has 0 spiro atoms. The fourth-order valence-corrected chi connectivity index (χ4v) is 3.08. The molecule has 0 aromatic rings. The van der Waals surface area contributed by atoms with E-state index in [-0.39, 0.29) is 25.0 Å². The number of carboxylic acids is 1. The molecule has 0 bridgehead atoms. The molecule has 3 unspecified atom stereocenters. The van der Waals surface area contributed by atoms with Crippen molar-refractivity contribution in [1.82, 2.24) is 0 Å². The zero-order valence-corrected chi connectivity index (χ0v) is 12.0. The number of esters is 1. The van der Waals surface area contributed by atoms with E-state index in [2.05, 4.69) is 0 Å². The molecule has 0 heterocycles. The molecule has 5 heteroatoms. The Balaban J connectivity index is 3.01. The Labute approximate surface area is 114 Å². The summed E-state index contributed by atoms with van der Waals surface area (Å²) >= 11 is 0. The summed E-state index contributed by atoms with van der Waals surface area (Å²) in [6.07, 6.45) is 3.45. The van der Waals surface area contributed by atoms with Gasteiger partial charge in [0.2, 0.25) is 0 Å². The summed E-state index contributed by atoms with van der Waals surface area (Å²) in [5.74, 6) is -1.89. The molecule has 0 aromatic heterocycles.